The summed E-state index contributed by atoms with van der Waals surface area (Å²) in [7, 11) is -0.441. The van der Waals surface area contributed by atoms with Crippen molar-refractivity contribution in [2.24, 2.45) is 0 Å². The molecule has 32 nitrogen and oxygen atoms in total. The van der Waals surface area contributed by atoms with E-state index in [0.29, 0.717) is 118 Å². The maximum absolute atomic E-state index is 13.3. The summed E-state index contributed by atoms with van der Waals surface area (Å²) in [6, 6.07) is 36.8. The van der Waals surface area contributed by atoms with E-state index in [1.807, 2.05) is 50.2 Å². The second-order valence-electron chi connectivity index (χ2n) is 27.9. The Morgan fingerprint density at radius 3 is 1.17 bits per heavy atom. The number of pyridine rings is 3. The number of nitrogens with one attached hydrogen (secondary N) is 5. The van der Waals surface area contributed by atoms with Gasteiger partial charge in [-0.1, -0.05) is 31.4 Å². The number of carbonyl (C=O) groups is 4. The van der Waals surface area contributed by atoms with Crippen LogP contribution in [0.25, 0.3) is 50.2 Å². The van der Waals surface area contributed by atoms with E-state index in [1.165, 1.54) is 32.0 Å². The first-order valence-electron chi connectivity index (χ1n) is 35.7. The molecular weight excluding hydrogens is 1560 g/mol. The number of anilines is 9. The standard InChI is InChI=1S/C30H34N6O5.C28H28N6O4.C20H22N4O5S.C3H3ClO.Ar.H3N/c1-19-15-26(37)36(22-8-6-7-20(16-22)32-29(38)41-30(2,3)4)27-23(19)18-31-28(34-27)33-24-10-9-21(17-25(24)39-5)35-11-13-40-14-12-35;1-4-25(35)30-19-6-5-7-21(15-19)34-26(36)14-18(2)22-17-29-28(32-27(22)34)31-23-9-8-20(16-24(23)37-3)33-10-12-38-13-11-33;1-12-9-16(25)24(17-15(12)11-21-18(23-17)30(5,27)28)14-8-6-7-13(10-14)22-19(26)29-20(2,3)4;1-2-3(4)5;;/h6-10,15-18H,11-14H2,1-5H3,(H,32,38)(H,31,33,34);4-9,14-17H,1,10-13H2,2-3H3,(H,30,35)(H,29,31,32);6-11H,1-5H3,(H,22,26);2H,1H2;;1H3. The fraction of sp³-hybridized carbons (Fsp3) is 0.272. The molecule has 35 heteroatoms. The predicted molar refractivity (Wildman–Crippen MR) is 446 cm³/mol. The van der Waals surface area contributed by atoms with Crippen LogP contribution in [-0.4, -0.2) is 160 Å². The Morgan fingerprint density at radius 1 is 0.500 bits per heavy atom. The second-order valence-corrected chi connectivity index (χ2v) is 30.1. The van der Waals surface area contributed by atoms with Gasteiger partial charge in [0.15, 0.2) is 16.9 Å². The fourth-order valence-electron chi connectivity index (χ4n) is 11.8. The van der Waals surface area contributed by atoms with Gasteiger partial charge < -0.3 is 60.3 Å². The number of aryl methyl sites for hydroxylation is 3. The first-order chi connectivity index (χ1) is 54.2. The molecule has 0 bridgehead atoms. The number of hydrogen-bond acceptors (Lipinski definition) is 26. The van der Waals surface area contributed by atoms with Crippen LogP contribution in [0.1, 0.15) is 58.2 Å². The molecular formula is C81H90ArClN17O15S. The van der Waals surface area contributed by atoms with Crippen LogP contribution in [0.15, 0.2) is 191 Å². The topological polar surface area (TPSA) is 403 Å². The van der Waals surface area contributed by atoms with E-state index < -0.39 is 44.0 Å². The summed E-state index contributed by atoms with van der Waals surface area (Å²) in [4.78, 5) is 116. The normalized spacial score (nSPS) is 12.6. The smallest absolute Gasteiger partial charge is 0.412 e. The molecule has 2 aliphatic heterocycles. The van der Waals surface area contributed by atoms with Gasteiger partial charge in [-0.2, -0.15) is 15.0 Å². The van der Waals surface area contributed by atoms with Crippen molar-refractivity contribution in [3.8, 4) is 28.6 Å². The minimum Gasteiger partial charge on any atom is -0.494 e. The molecule has 0 saturated carbocycles. The van der Waals surface area contributed by atoms with Crippen LogP contribution in [0.2, 0.25) is 0 Å². The van der Waals surface area contributed by atoms with Crippen LogP contribution in [0.4, 0.5) is 61.3 Å². The first kappa shape index (κ1) is 89.9. The molecule has 13 rings (SSSR count). The summed E-state index contributed by atoms with van der Waals surface area (Å²) in [6.07, 6.45) is 6.76. The number of methoxy groups -OCH3 is 2. The molecule has 0 atom stereocenters. The van der Waals surface area contributed by atoms with Gasteiger partial charge in [-0.3, -0.25) is 48.3 Å². The number of amides is 3. The van der Waals surface area contributed by atoms with Gasteiger partial charge in [0.25, 0.3) is 16.7 Å². The quantitative estimate of drug-likeness (QED) is 0.0280. The monoisotopic (exact) mass is 1650 g/mol. The molecule has 116 heavy (non-hydrogen) atoms. The Morgan fingerprint density at radius 2 is 0.845 bits per heavy atom. The molecule has 0 spiro atoms. The second kappa shape index (κ2) is 39.6. The number of rotatable bonds is 17. The Balaban J connectivity index is 0.000000211. The number of ether oxygens (including phenoxy) is 6. The Bertz CT molecular complexity index is 5800. The number of benzene rings is 5. The number of allylic oxidation sites excluding steroid dienone is 1. The number of aromatic nitrogens is 9. The van der Waals surface area contributed by atoms with Crippen molar-refractivity contribution in [2.75, 3.05) is 109 Å². The van der Waals surface area contributed by atoms with E-state index in [0.717, 1.165) is 71.8 Å². The number of carbonyl (C=O) groups excluding carboxylic acids is 4. The Hall–Kier alpha value is -11.7. The van der Waals surface area contributed by atoms with Gasteiger partial charge >= 0.3 is 12.2 Å². The Labute approximate surface area is 703 Å². The fourth-order valence-corrected chi connectivity index (χ4v) is 12.3. The van der Waals surface area contributed by atoms with Crippen molar-refractivity contribution in [1.82, 2.24) is 49.8 Å². The van der Waals surface area contributed by atoms with Crippen LogP contribution < -0.4 is 68.7 Å². The van der Waals surface area contributed by atoms with Gasteiger partial charge in [-0.25, -0.2) is 33.0 Å². The van der Waals surface area contributed by atoms with Gasteiger partial charge in [0.1, 0.15) is 22.7 Å². The van der Waals surface area contributed by atoms with Gasteiger partial charge in [-0.05, 0) is 182 Å². The molecule has 6 aromatic heterocycles. The average Bonchev–Trinajstić information content (AvgIpc) is 0.773. The number of sulfone groups is 1. The van der Waals surface area contributed by atoms with Crippen molar-refractivity contribution in [3.63, 3.8) is 0 Å². The largest absolute Gasteiger partial charge is 0.494 e. The average molecular weight is 1650 g/mol. The molecule has 2 aliphatic rings. The van der Waals surface area contributed by atoms with Crippen LogP contribution in [0, 0.1) is 58.5 Å². The minimum absolute atomic E-state index is 0. The summed E-state index contributed by atoms with van der Waals surface area (Å²) in [5, 5.41) is 15.6. The zero-order chi connectivity index (χ0) is 82.3. The summed E-state index contributed by atoms with van der Waals surface area (Å²) in [6.45, 7) is 28.6. The van der Waals surface area contributed by atoms with Crippen molar-refractivity contribution in [1.29, 1.82) is 0 Å². The Kier molecular flexibility index (Phi) is 30.7. The van der Waals surface area contributed by atoms with E-state index in [2.05, 4.69) is 69.5 Å². The van der Waals surface area contributed by atoms with Crippen molar-refractivity contribution in [2.45, 2.75) is 78.7 Å². The molecule has 8 N–H and O–H groups in total. The molecule has 0 radical (unpaired) electrons. The van der Waals surface area contributed by atoms with Crippen LogP contribution in [-0.2, 0) is 38.4 Å². The minimum atomic E-state index is -3.67. The van der Waals surface area contributed by atoms with Crippen molar-refractivity contribution < 1.29 is 93.8 Å². The van der Waals surface area contributed by atoms with Gasteiger partial charge in [0.05, 0.1) is 69.1 Å². The first-order valence-corrected chi connectivity index (χ1v) is 38.0. The molecule has 3 amide bonds. The van der Waals surface area contributed by atoms with Crippen molar-refractivity contribution >= 4 is 130 Å². The summed E-state index contributed by atoms with van der Waals surface area (Å²) in [5.41, 5.74) is 7.31. The molecule has 2 saturated heterocycles. The van der Waals surface area contributed by atoms with E-state index in [1.54, 1.807) is 160 Å². The van der Waals surface area contributed by atoms with Gasteiger partial charge in [0, 0.05) is 164 Å². The van der Waals surface area contributed by atoms with E-state index in [9.17, 15) is 42.0 Å². The summed E-state index contributed by atoms with van der Waals surface area (Å²) >= 11 is 4.71. The predicted octanol–water partition coefficient (Wildman–Crippen LogP) is 12.8. The van der Waals surface area contributed by atoms with E-state index in [4.69, 9.17) is 50.0 Å². The maximum Gasteiger partial charge on any atom is 0.412 e. The van der Waals surface area contributed by atoms with Crippen LogP contribution in [0.5, 0.6) is 11.5 Å². The molecule has 11 aromatic rings. The van der Waals surface area contributed by atoms with Gasteiger partial charge in [-0.15, -0.1) is 0 Å². The molecule has 5 aromatic carbocycles. The van der Waals surface area contributed by atoms with Gasteiger partial charge in [0.2, 0.25) is 38.0 Å². The van der Waals surface area contributed by atoms with Crippen LogP contribution in [0.3, 0.4) is 0 Å². The molecule has 2 fully saturated rings. The number of hydrogen-bond donors (Lipinski definition) is 6. The zero-order valence-electron chi connectivity index (χ0n) is 66.0. The molecule has 8 heterocycles. The van der Waals surface area contributed by atoms with E-state index in [-0.39, 0.29) is 71.7 Å². The SMILES string of the molecule is C=CC(=O)Cl.C=CC(=O)Nc1cccc(-n2c(=O)cc(C)c3cnc(Nc4ccc(N5CCOCC5)cc4OC)nc32)c1.COc1cc(N2CCOCC2)ccc1Nc1ncc2c(C)cc(=O)n(-c3cccc(NC(=O)OC(C)(C)C)c3)c2n1.Cc1cc(=O)n(-c2cccc(NC(=O)OC(C)(C)C)c2)c2nc(S(C)(=O)=O)ncc12.N.[Ar]. The molecule has 0 aliphatic carbocycles. The molecule has 0 unspecified atom stereocenters. The van der Waals surface area contributed by atoms with E-state index >= 15 is 0 Å². The summed E-state index contributed by atoms with van der Waals surface area (Å²) < 4.78 is 60.9. The maximum atomic E-state index is 13.3. The molecule has 610 valence electrons. The third kappa shape index (κ3) is 23.5. The number of fused-ring (bicyclic) bond motifs is 3. The van der Waals surface area contributed by atoms with Crippen molar-refractivity contribution in [3.05, 3.63) is 219 Å². The number of morpholine rings is 2. The van der Waals surface area contributed by atoms with Crippen LogP contribution >= 0.6 is 11.6 Å². The number of nitrogens with zero attached hydrogens (tertiary/aromatic N) is 11. The third-order valence-corrected chi connectivity index (χ3v) is 18.1. The summed E-state index contributed by atoms with van der Waals surface area (Å²) in [5.74, 6) is 1.55. The third-order valence-electron chi connectivity index (χ3n) is 17.0. The zero-order valence-corrected chi connectivity index (χ0v) is 68.3. The number of halogens is 1.